The third-order valence-corrected chi connectivity index (χ3v) is 5.27. The lowest BCUT2D eigenvalue weighted by Gasteiger charge is -2.42. The van der Waals surface area contributed by atoms with Crippen molar-refractivity contribution in [1.29, 1.82) is 0 Å². The number of hydrazine groups is 1. The Morgan fingerprint density at radius 3 is 2.62 bits per heavy atom. The van der Waals surface area contributed by atoms with Crippen molar-refractivity contribution in [3.05, 3.63) is 35.2 Å². The fraction of sp³-hybridized carbons (Fsp3) is 0.600. The third kappa shape index (κ3) is 3.91. The largest absolute Gasteiger partial charge is 0.494 e. The minimum atomic E-state index is -0.521. The molecule has 2 amide bonds. The number of carbonyl (C=O) groups is 2. The molecule has 0 bridgehead atoms. The molecule has 3 N–H and O–H groups in total. The van der Waals surface area contributed by atoms with Crippen LogP contribution in [0.4, 0.5) is 0 Å². The van der Waals surface area contributed by atoms with Gasteiger partial charge in [0.25, 0.3) is 11.8 Å². The van der Waals surface area contributed by atoms with E-state index < -0.39 is 18.0 Å². The minimum Gasteiger partial charge on any atom is -0.494 e. The summed E-state index contributed by atoms with van der Waals surface area (Å²) in [7, 11) is 0. The van der Waals surface area contributed by atoms with Crippen molar-refractivity contribution in [2.45, 2.75) is 65.2 Å². The van der Waals surface area contributed by atoms with Crippen LogP contribution in [-0.4, -0.2) is 55.6 Å². The Morgan fingerprint density at radius 2 is 2.03 bits per heavy atom. The van der Waals surface area contributed by atoms with Crippen molar-refractivity contribution >= 4 is 11.8 Å². The first-order chi connectivity index (χ1) is 13.6. The van der Waals surface area contributed by atoms with E-state index >= 15 is 0 Å². The number of aliphatic hydroxyl groups is 1. The molecule has 0 spiro atoms. The molecule has 1 aliphatic carbocycles. The number of amides is 2. The molecule has 2 atom stereocenters. The first kappa shape index (κ1) is 19.6. The molecule has 0 aromatic carbocycles. The molecular weight excluding hydrogens is 372 g/mol. The predicted molar refractivity (Wildman–Crippen MR) is 105 cm³/mol. The molecule has 9 nitrogen and oxygen atoms in total. The van der Waals surface area contributed by atoms with Gasteiger partial charge < -0.3 is 15.3 Å². The highest BCUT2D eigenvalue weighted by molar-refractivity contribution is 6.19. The van der Waals surface area contributed by atoms with Crippen molar-refractivity contribution in [2.75, 3.05) is 6.54 Å². The second kappa shape index (κ2) is 6.98. The second-order valence-electron chi connectivity index (χ2n) is 9.29. The highest BCUT2D eigenvalue weighted by Crippen LogP contribution is 2.36. The van der Waals surface area contributed by atoms with Gasteiger partial charge in [-0.2, -0.15) is 0 Å². The Kier molecular flexibility index (Phi) is 4.72. The van der Waals surface area contributed by atoms with Crippen LogP contribution in [-0.2, 0) is 9.59 Å². The fourth-order valence-corrected chi connectivity index (χ4v) is 3.73. The summed E-state index contributed by atoms with van der Waals surface area (Å²) in [6.07, 6.45) is 5.30. The molecule has 1 aromatic heterocycles. The van der Waals surface area contributed by atoms with Crippen molar-refractivity contribution in [2.24, 2.45) is 5.41 Å². The average Bonchev–Trinajstić information content (AvgIpc) is 3.33. The monoisotopic (exact) mass is 400 g/mol. The van der Waals surface area contributed by atoms with Crippen LogP contribution in [0.3, 0.4) is 0 Å². The van der Waals surface area contributed by atoms with Crippen LogP contribution < -0.4 is 10.7 Å². The molecule has 2 unspecified atom stereocenters. The molecule has 1 saturated carbocycles. The summed E-state index contributed by atoms with van der Waals surface area (Å²) in [4.78, 5) is 36.3. The van der Waals surface area contributed by atoms with E-state index in [1.165, 1.54) is 5.01 Å². The van der Waals surface area contributed by atoms with Crippen molar-refractivity contribution in [3.63, 3.8) is 0 Å². The molecule has 3 aliphatic rings. The van der Waals surface area contributed by atoms with Crippen LogP contribution >= 0.6 is 0 Å². The number of fused-ring (bicyclic) bond motifs is 1. The molecule has 2 fully saturated rings. The Morgan fingerprint density at radius 1 is 1.31 bits per heavy atom. The highest BCUT2D eigenvalue weighted by atomic mass is 16.3. The lowest BCUT2D eigenvalue weighted by Crippen LogP contribution is -2.58. The Labute approximate surface area is 170 Å². The zero-order valence-corrected chi connectivity index (χ0v) is 17.3. The van der Waals surface area contributed by atoms with Gasteiger partial charge in [-0.1, -0.05) is 20.8 Å². The standard InChI is InChI=1S/C20H28N6O3/c1-11-8-22-14(9-21-11)13-7-15-25(10-20(2,3)4)18(28)16(19(29)26(15)24-13)17(27)23-12-5-6-12/h8-9,12-13,15,24,28H,5-7,10H2,1-4H3,(H,23,27). The Balaban J connectivity index is 1.66. The van der Waals surface area contributed by atoms with Crippen molar-refractivity contribution in [3.8, 4) is 0 Å². The number of aromatic nitrogens is 2. The van der Waals surface area contributed by atoms with Crippen LogP contribution in [0.5, 0.6) is 0 Å². The quantitative estimate of drug-likeness (QED) is 0.653. The van der Waals surface area contributed by atoms with Gasteiger partial charge in [-0.25, -0.2) is 10.4 Å². The van der Waals surface area contributed by atoms with Crippen LogP contribution in [0, 0.1) is 12.3 Å². The van der Waals surface area contributed by atoms with Gasteiger partial charge in [0.2, 0.25) is 5.88 Å². The van der Waals surface area contributed by atoms with E-state index in [-0.39, 0.29) is 29.0 Å². The van der Waals surface area contributed by atoms with Gasteiger partial charge in [0.1, 0.15) is 6.17 Å². The van der Waals surface area contributed by atoms with Crippen molar-refractivity contribution in [1.82, 2.24) is 30.6 Å². The zero-order chi connectivity index (χ0) is 20.9. The Hall–Kier alpha value is -2.68. The summed E-state index contributed by atoms with van der Waals surface area (Å²) >= 11 is 0. The number of nitrogens with zero attached hydrogens (tertiary/aromatic N) is 4. The van der Waals surface area contributed by atoms with Crippen LogP contribution in [0.25, 0.3) is 0 Å². The number of carbonyl (C=O) groups excluding carboxylic acids is 2. The van der Waals surface area contributed by atoms with Gasteiger partial charge in [0, 0.05) is 25.2 Å². The smallest absolute Gasteiger partial charge is 0.280 e. The lowest BCUT2D eigenvalue weighted by molar-refractivity contribution is -0.142. The maximum atomic E-state index is 13.1. The van der Waals surface area contributed by atoms with Crippen LogP contribution in [0.1, 0.15) is 57.5 Å². The molecule has 156 valence electrons. The van der Waals surface area contributed by atoms with E-state index in [4.69, 9.17) is 0 Å². The molecule has 1 aromatic rings. The van der Waals surface area contributed by atoms with Gasteiger partial charge in [-0.15, -0.1) is 0 Å². The van der Waals surface area contributed by atoms with E-state index in [2.05, 4.69) is 41.5 Å². The van der Waals surface area contributed by atoms with E-state index in [0.717, 1.165) is 24.2 Å². The number of aryl methyl sites for hydroxylation is 1. The van der Waals surface area contributed by atoms with Gasteiger partial charge >= 0.3 is 0 Å². The van der Waals surface area contributed by atoms with Gasteiger partial charge in [0.05, 0.1) is 23.6 Å². The Bertz CT molecular complexity index is 856. The predicted octanol–water partition coefficient (Wildman–Crippen LogP) is 1.30. The fourth-order valence-electron chi connectivity index (χ4n) is 3.73. The third-order valence-electron chi connectivity index (χ3n) is 5.27. The number of hydrogen-bond acceptors (Lipinski definition) is 7. The molecule has 3 heterocycles. The zero-order valence-electron chi connectivity index (χ0n) is 17.3. The highest BCUT2D eigenvalue weighted by Gasteiger charge is 2.49. The number of hydrogen-bond donors (Lipinski definition) is 3. The maximum Gasteiger partial charge on any atom is 0.280 e. The molecule has 29 heavy (non-hydrogen) atoms. The molecule has 2 aliphatic heterocycles. The van der Waals surface area contributed by atoms with Gasteiger partial charge in [-0.3, -0.25) is 19.6 Å². The van der Waals surface area contributed by atoms with Gasteiger partial charge in [-0.05, 0) is 25.2 Å². The first-order valence-corrected chi connectivity index (χ1v) is 10.0. The minimum absolute atomic E-state index is 0.0894. The summed E-state index contributed by atoms with van der Waals surface area (Å²) in [6, 6.07) is -0.148. The second-order valence-corrected chi connectivity index (χ2v) is 9.29. The molecule has 4 rings (SSSR count). The first-order valence-electron chi connectivity index (χ1n) is 10.0. The van der Waals surface area contributed by atoms with E-state index in [0.29, 0.717) is 13.0 Å². The van der Waals surface area contributed by atoms with Crippen molar-refractivity contribution < 1.29 is 14.7 Å². The molecule has 1 saturated heterocycles. The molecule has 0 radical (unpaired) electrons. The van der Waals surface area contributed by atoms with E-state index in [1.54, 1.807) is 17.3 Å². The summed E-state index contributed by atoms with van der Waals surface area (Å²) in [6.45, 7) is 8.51. The summed E-state index contributed by atoms with van der Waals surface area (Å²) in [5.74, 6) is -1.28. The summed E-state index contributed by atoms with van der Waals surface area (Å²) in [5.41, 5.74) is 4.35. The van der Waals surface area contributed by atoms with Gasteiger partial charge in [0.15, 0.2) is 5.57 Å². The molecular formula is C20H28N6O3. The normalized spacial score (nSPS) is 24.8. The lowest BCUT2D eigenvalue weighted by atomic mass is 9.94. The summed E-state index contributed by atoms with van der Waals surface area (Å²) < 4.78 is 0. The maximum absolute atomic E-state index is 13.1. The van der Waals surface area contributed by atoms with E-state index in [9.17, 15) is 14.7 Å². The number of rotatable bonds is 4. The number of aliphatic hydroxyl groups excluding tert-OH is 1. The van der Waals surface area contributed by atoms with E-state index in [1.807, 2.05) is 6.92 Å². The summed E-state index contributed by atoms with van der Waals surface area (Å²) in [5, 5.41) is 15.2. The average molecular weight is 400 g/mol. The van der Waals surface area contributed by atoms with Crippen LogP contribution in [0.15, 0.2) is 23.8 Å². The SMILES string of the molecule is Cc1cnc(C2CC3N(CC(C)(C)C)C(O)=C(C(=O)NC4CC4)C(=O)N3N2)cn1. The topological polar surface area (TPSA) is 111 Å². The molecule has 9 heteroatoms. The number of nitrogens with one attached hydrogen (secondary N) is 2. The van der Waals surface area contributed by atoms with Crippen LogP contribution in [0.2, 0.25) is 0 Å².